The van der Waals surface area contributed by atoms with Crippen molar-refractivity contribution in [2.45, 2.75) is 19.8 Å². The lowest BCUT2D eigenvalue weighted by atomic mass is 10.0. The molecular formula is C12H16ClN. The van der Waals surface area contributed by atoms with Gasteiger partial charge in [-0.3, -0.25) is 0 Å². The van der Waals surface area contributed by atoms with Crippen LogP contribution < -0.4 is 5.73 Å². The van der Waals surface area contributed by atoms with E-state index in [0.29, 0.717) is 17.3 Å². The first-order valence-electron chi connectivity index (χ1n) is 5.03. The van der Waals surface area contributed by atoms with E-state index < -0.39 is 0 Å². The second-order valence-electron chi connectivity index (χ2n) is 4.70. The highest BCUT2D eigenvalue weighted by Gasteiger charge is 2.57. The minimum atomic E-state index is 0.347. The van der Waals surface area contributed by atoms with Crippen LogP contribution in [0.5, 0.6) is 0 Å². The fraction of sp³-hybridized carbons (Fsp3) is 0.500. The lowest BCUT2D eigenvalue weighted by Gasteiger charge is -2.03. The van der Waals surface area contributed by atoms with Crippen molar-refractivity contribution < 1.29 is 0 Å². The maximum Gasteiger partial charge on any atom is 0.0408 e. The number of benzene rings is 1. The van der Waals surface area contributed by atoms with Crippen molar-refractivity contribution in [1.82, 2.24) is 0 Å². The van der Waals surface area contributed by atoms with E-state index in [4.69, 9.17) is 17.3 Å². The zero-order valence-corrected chi connectivity index (χ0v) is 9.38. The lowest BCUT2D eigenvalue weighted by Crippen LogP contribution is -2.05. The molecule has 0 bridgehead atoms. The van der Waals surface area contributed by atoms with Gasteiger partial charge in [-0.25, -0.2) is 0 Å². The molecule has 1 saturated carbocycles. The third kappa shape index (κ3) is 1.45. The summed E-state index contributed by atoms with van der Waals surface area (Å²) in [5.41, 5.74) is 7.42. The second kappa shape index (κ2) is 3.25. The maximum absolute atomic E-state index is 5.97. The van der Waals surface area contributed by atoms with Gasteiger partial charge in [-0.05, 0) is 41.5 Å². The van der Waals surface area contributed by atoms with E-state index in [1.807, 2.05) is 12.1 Å². The Labute approximate surface area is 90.3 Å². The first-order valence-corrected chi connectivity index (χ1v) is 5.40. The molecule has 0 unspecified atom stereocenters. The molecule has 2 heteroatoms. The van der Waals surface area contributed by atoms with Gasteiger partial charge in [0.2, 0.25) is 0 Å². The molecular weight excluding hydrogens is 194 g/mol. The molecule has 1 aliphatic rings. The smallest absolute Gasteiger partial charge is 0.0408 e. The van der Waals surface area contributed by atoms with Crippen molar-refractivity contribution in [2.75, 3.05) is 6.54 Å². The van der Waals surface area contributed by atoms with Crippen LogP contribution in [0.4, 0.5) is 0 Å². The predicted octanol–water partition coefficient (Wildman–Crippen LogP) is 3.04. The first kappa shape index (κ1) is 10.0. The molecule has 1 aromatic rings. The highest BCUT2D eigenvalue weighted by atomic mass is 35.5. The van der Waals surface area contributed by atoms with Gasteiger partial charge >= 0.3 is 0 Å². The molecule has 2 rings (SSSR count). The van der Waals surface area contributed by atoms with Gasteiger partial charge in [-0.15, -0.1) is 0 Å². The second-order valence-corrected chi connectivity index (χ2v) is 5.13. The molecule has 76 valence electrons. The minimum Gasteiger partial charge on any atom is -0.330 e. The van der Waals surface area contributed by atoms with E-state index in [0.717, 1.165) is 11.6 Å². The molecule has 0 aliphatic heterocycles. The molecule has 0 spiro atoms. The normalized spacial score (nSPS) is 28.9. The number of hydrogen-bond donors (Lipinski definition) is 1. The number of nitrogens with two attached hydrogens (primary N) is 1. The summed E-state index contributed by atoms with van der Waals surface area (Å²) in [6.07, 6.45) is 0. The minimum absolute atomic E-state index is 0.347. The third-order valence-corrected chi connectivity index (χ3v) is 3.75. The van der Waals surface area contributed by atoms with Crippen LogP contribution in [0, 0.1) is 11.3 Å². The van der Waals surface area contributed by atoms with Gasteiger partial charge in [-0.1, -0.05) is 37.6 Å². The molecule has 0 aromatic heterocycles. The Bertz CT molecular complexity index is 346. The molecule has 1 nitrogen and oxygen atoms in total. The van der Waals surface area contributed by atoms with Crippen molar-refractivity contribution in [3.8, 4) is 0 Å². The first-order chi connectivity index (χ1) is 6.57. The van der Waals surface area contributed by atoms with E-state index in [9.17, 15) is 0 Å². The average molecular weight is 210 g/mol. The van der Waals surface area contributed by atoms with Crippen molar-refractivity contribution in [1.29, 1.82) is 0 Å². The summed E-state index contributed by atoms with van der Waals surface area (Å²) in [6.45, 7) is 5.32. The summed E-state index contributed by atoms with van der Waals surface area (Å²) in [5, 5.41) is 0.820. The largest absolute Gasteiger partial charge is 0.330 e. The van der Waals surface area contributed by atoms with Crippen LogP contribution in [0.3, 0.4) is 0 Å². The van der Waals surface area contributed by atoms with E-state index in [2.05, 4.69) is 26.0 Å². The monoisotopic (exact) mass is 209 g/mol. The van der Waals surface area contributed by atoms with Crippen LogP contribution >= 0.6 is 11.6 Å². The fourth-order valence-corrected chi connectivity index (χ4v) is 2.74. The van der Waals surface area contributed by atoms with Gasteiger partial charge in [0.05, 0.1) is 0 Å². The Balaban J connectivity index is 2.26. The average Bonchev–Trinajstić information content (AvgIpc) is 2.68. The van der Waals surface area contributed by atoms with Crippen LogP contribution in [-0.2, 0) is 0 Å². The topological polar surface area (TPSA) is 26.0 Å². The number of halogens is 1. The lowest BCUT2D eigenvalue weighted by molar-refractivity contribution is 0.558. The molecule has 14 heavy (non-hydrogen) atoms. The Morgan fingerprint density at radius 2 is 2.14 bits per heavy atom. The number of hydrogen-bond acceptors (Lipinski definition) is 1. The van der Waals surface area contributed by atoms with Crippen LogP contribution in [-0.4, -0.2) is 6.54 Å². The van der Waals surface area contributed by atoms with Gasteiger partial charge in [0.15, 0.2) is 0 Å². The Morgan fingerprint density at radius 3 is 2.64 bits per heavy atom. The summed E-state index contributed by atoms with van der Waals surface area (Å²) in [6, 6.07) is 8.13. The highest BCUT2D eigenvalue weighted by Crippen LogP contribution is 2.63. The molecule has 1 fully saturated rings. The molecule has 0 heterocycles. The summed E-state index contributed by atoms with van der Waals surface area (Å²) in [7, 11) is 0. The molecule has 1 aliphatic carbocycles. The molecule has 2 atom stereocenters. The van der Waals surface area contributed by atoms with Crippen molar-refractivity contribution in [3.63, 3.8) is 0 Å². The molecule has 0 saturated heterocycles. The Hall–Kier alpha value is -0.530. The van der Waals surface area contributed by atoms with Crippen LogP contribution in [0.2, 0.25) is 5.02 Å². The summed E-state index contributed by atoms with van der Waals surface area (Å²) < 4.78 is 0. The SMILES string of the molecule is CC1(C)[C@H](CN)[C@H]1c1cccc(Cl)c1. The van der Waals surface area contributed by atoms with Gasteiger partial charge in [0.25, 0.3) is 0 Å². The van der Waals surface area contributed by atoms with Crippen molar-refractivity contribution in [2.24, 2.45) is 17.1 Å². The van der Waals surface area contributed by atoms with E-state index in [1.165, 1.54) is 5.56 Å². The Kier molecular flexibility index (Phi) is 2.32. The van der Waals surface area contributed by atoms with Crippen LogP contribution in [0.15, 0.2) is 24.3 Å². The predicted molar refractivity (Wildman–Crippen MR) is 60.5 cm³/mol. The highest BCUT2D eigenvalue weighted by molar-refractivity contribution is 6.30. The quantitative estimate of drug-likeness (QED) is 0.796. The van der Waals surface area contributed by atoms with Crippen LogP contribution in [0.25, 0.3) is 0 Å². The van der Waals surface area contributed by atoms with E-state index in [1.54, 1.807) is 0 Å². The molecule has 1 aromatic carbocycles. The van der Waals surface area contributed by atoms with Crippen LogP contribution in [0.1, 0.15) is 25.3 Å². The summed E-state index contributed by atoms with van der Waals surface area (Å²) in [5.74, 6) is 1.20. The van der Waals surface area contributed by atoms with E-state index in [-0.39, 0.29) is 0 Å². The fourth-order valence-electron chi connectivity index (χ4n) is 2.55. The Morgan fingerprint density at radius 1 is 1.43 bits per heavy atom. The maximum atomic E-state index is 5.97. The van der Waals surface area contributed by atoms with Gasteiger partial charge < -0.3 is 5.73 Å². The number of rotatable bonds is 2. The van der Waals surface area contributed by atoms with E-state index >= 15 is 0 Å². The van der Waals surface area contributed by atoms with Gasteiger partial charge in [0, 0.05) is 5.02 Å². The summed E-state index contributed by atoms with van der Waals surface area (Å²) >= 11 is 5.97. The standard InChI is InChI=1S/C12H16ClN/c1-12(2)10(7-14)11(12)8-4-3-5-9(13)6-8/h3-6,10-11H,7,14H2,1-2H3/t10-,11-/m1/s1. The molecule has 2 N–H and O–H groups in total. The van der Waals surface area contributed by atoms with Crippen molar-refractivity contribution >= 4 is 11.6 Å². The summed E-state index contributed by atoms with van der Waals surface area (Å²) in [4.78, 5) is 0. The van der Waals surface area contributed by atoms with Gasteiger partial charge in [0.1, 0.15) is 0 Å². The third-order valence-electron chi connectivity index (χ3n) is 3.51. The zero-order chi connectivity index (χ0) is 10.3. The van der Waals surface area contributed by atoms with Crippen molar-refractivity contribution in [3.05, 3.63) is 34.9 Å². The molecule has 0 radical (unpaired) electrons. The van der Waals surface area contributed by atoms with Gasteiger partial charge in [-0.2, -0.15) is 0 Å². The zero-order valence-electron chi connectivity index (χ0n) is 8.63. The molecule has 0 amide bonds.